The summed E-state index contributed by atoms with van der Waals surface area (Å²) in [6.07, 6.45) is 1.34. The van der Waals surface area contributed by atoms with Gasteiger partial charge in [0.15, 0.2) is 0 Å². The molecule has 0 heterocycles. The lowest BCUT2D eigenvalue weighted by atomic mass is 9.66. The first kappa shape index (κ1) is 20.4. The van der Waals surface area contributed by atoms with Crippen LogP contribution in [0, 0.1) is 17.6 Å². The minimum absolute atomic E-state index is 0.0484. The molecule has 156 valence electrons. The van der Waals surface area contributed by atoms with Gasteiger partial charge in [-0.25, -0.2) is 8.78 Å². The van der Waals surface area contributed by atoms with Gasteiger partial charge >= 0.3 is 0 Å². The molecule has 0 amide bonds. The van der Waals surface area contributed by atoms with Gasteiger partial charge in [0.05, 0.1) is 14.2 Å². The molecule has 0 N–H and O–H groups in total. The fourth-order valence-electron chi connectivity index (χ4n) is 4.72. The molecule has 3 aromatic rings. The third kappa shape index (κ3) is 3.91. The summed E-state index contributed by atoms with van der Waals surface area (Å²) in [6, 6.07) is 18.0. The second-order valence-corrected chi connectivity index (χ2v) is 8.05. The van der Waals surface area contributed by atoms with E-state index in [2.05, 4.69) is 31.2 Å². The van der Waals surface area contributed by atoms with Gasteiger partial charge in [0, 0.05) is 0 Å². The molecule has 0 bridgehead atoms. The quantitative estimate of drug-likeness (QED) is 0.494. The van der Waals surface area contributed by atoms with E-state index < -0.39 is 5.82 Å². The maximum absolute atomic E-state index is 14.5. The van der Waals surface area contributed by atoms with Gasteiger partial charge in [-0.05, 0) is 95.3 Å². The molecule has 0 saturated heterocycles. The van der Waals surface area contributed by atoms with Crippen LogP contribution in [0.15, 0.2) is 60.7 Å². The van der Waals surface area contributed by atoms with Crippen molar-refractivity contribution in [1.82, 2.24) is 0 Å². The Kier molecular flexibility index (Phi) is 5.76. The van der Waals surface area contributed by atoms with Gasteiger partial charge in [0.1, 0.15) is 23.1 Å². The van der Waals surface area contributed by atoms with E-state index in [4.69, 9.17) is 9.47 Å². The zero-order valence-corrected chi connectivity index (χ0v) is 17.5. The zero-order valence-electron chi connectivity index (χ0n) is 17.5. The maximum atomic E-state index is 14.5. The van der Waals surface area contributed by atoms with Crippen LogP contribution in [0.5, 0.6) is 11.5 Å². The average molecular weight is 408 g/mol. The van der Waals surface area contributed by atoms with Crippen LogP contribution in [0.2, 0.25) is 0 Å². The standard InChI is InChI=1S/C26H26F2O2/c1-16-23(17-4-8-21(29-2)9-5-17)13-18-6-10-22(30-3)15-25(18)24(16)14-19-12-20(27)7-11-26(19)28/h4-12,15-16,23-24H,13-14H2,1-3H3. The van der Waals surface area contributed by atoms with Crippen LogP contribution < -0.4 is 9.47 Å². The first-order chi connectivity index (χ1) is 14.5. The first-order valence-corrected chi connectivity index (χ1v) is 10.2. The number of methoxy groups -OCH3 is 2. The van der Waals surface area contributed by atoms with E-state index in [0.717, 1.165) is 23.5 Å². The van der Waals surface area contributed by atoms with Crippen molar-refractivity contribution in [2.75, 3.05) is 14.2 Å². The van der Waals surface area contributed by atoms with Crippen molar-refractivity contribution in [3.8, 4) is 11.5 Å². The second kappa shape index (κ2) is 8.47. The molecular formula is C26H26F2O2. The Morgan fingerprint density at radius 1 is 0.867 bits per heavy atom. The number of fused-ring (bicyclic) bond motifs is 1. The van der Waals surface area contributed by atoms with Gasteiger partial charge in [0.25, 0.3) is 0 Å². The maximum Gasteiger partial charge on any atom is 0.126 e. The van der Waals surface area contributed by atoms with Gasteiger partial charge in [-0.1, -0.05) is 25.1 Å². The van der Waals surface area contributed by atoms with E-state index >= 15 is 0 Å². The Hall–Kier alpha value is -2.88. The summed E-state index contributed by atoms with van der Waals surface area (Å²) >= 11 is 0. The number of halogens is 2. The van der Waals surface area contributed by atoms with Crippen molar-refractivity contribution >= 4 is 0 Å². The first-order valence-electron chi connectivity index (χ1n) is 10.2. The molecule has 1 aliphatic rings. The summed E-state index contributed by atoms with van der Waals surface area (Å²) in [5.41, 5.74) is 4.04. The van der Waals surface area contributed by atoms with Gasteiger partial charge in [0.2, 0.25) is 0 Å². The lowest BCUT2D eigenvalue weighted by molar-refractivity contribution is 0.343. The predicted molar refractivity (Wildman–Crippen MR) is 114 cm³/mol. The third-order valence-electron chi connectivity index (χ3n) is 6.45. The van der Waals surface area contributed by atoms with E-state index in [1.807, 2.05) is 18.2 Å². The molecule has 0 saturated carbocycles. The van der Waals surface area contributed by atoms with Gasteiger partial charge in [-0.15, -0.1) is 0 Å². The highest BCUT2D eigenvalue weighted by Gasteiger charge is 2.35. The van der Waals surface area contributed by atoms with Crippen LogP contribution in [0.4, 0.5) is 8.78 Å². The van der Waals surface area contributed by atoms with Gasteiger partial charge in [-0.2, -0.15) is 0 Å². The van der Waals surface area contributed by atoms with Crippen LogP contribution in [0.3, 0.4) is 0 Å². The zero-order chi connectivity index (χ0) is 21.3. The summed E-state index contributed by atoms with van der Waals surface area (Å²) in [5.74, 6) is 1.40. The molecule has 0 aromatic heterocycles. The third-order valence-corrected chi connectivity index (χ3v) is 6.45. The topological polar surface area (TPSA) is 18.5 Å². The Bertz CT molecular complexity index is 1030. The van der Waals surface area contributed by atoms with Gasteiger partial charge < -0.3 is 9.47 Å². The summed E-state index contributed by atoms with van der Waals surface area (Å²) in [7, 11) is 3.31. The van der Waals surface area contributed by atoms with Crippen molar-refractivity contribution in [3.05, 3.63) is 94.6 Å². The Morgan fingerprint density at radius 2 is 1.57 bits per heavy atom. The average Bonchev–Trinajstić information content (AvgIpc) is 2.77. The van der Waals surface area contributed by atoms with Crippen LogP contribution in [-0.2, 0) is 12.8 Å². The smallest absolute Gasteiger partial charge is 0.126 e. The number of hydrogen-bond donors (Lipinski definition) is 0. The molecule has 1 aliphatic carbocycles. The Labute approximate surface area is 176 Å². The highest BCUT2D eigenvalue weighted by molar-refractivity contribution is 5.44. The van der Waals surface area contributed by atoms with E-state index in [1.54, 1.807) is 14.2 Å². The molecule has 4 heteroatoms. The number of rotatable bonds is 5. The molecule has 3 aromatic carbocycles. The van der Waals surface area contributed by atoms with Crippen molar-refractivity contribution in [3.63, 3.8) is 0 Å². The lowest BCUT2D eigenvalue weighted by Crippen LogP contribution is -2.28. The number of hydrogen-bond acceptors (Lipinski definition) is 2. The monoisotopic (exact) mass is 408 g/mol. The molecule has 3 atom stereocenters. The molecule has 2 nitrogen and oxygen atoms in total. The molecular weight excluding hydrogens is 382 g/mol. The molecule has 4 rings (SSSR count). The Morgan fingerprint density at radius 3 is 2.27 bits per heavy atom. The van der Waals surface area contributed by atoms with E-state index in [0.29, 0.717) is 12.0 Å². The fraction of sp³-hybridized carbons (Fsp3) is 0.308. The van der Waals surface area contributed by atoms with Crippen LogP contribution in [-0.4, -0.2) is 14.2 Å². The molecule has 0 radical (unpaired) electrons. The minimum atomic E-state index is -0.410. The normalized spacial score (nSPS) is 20.5. The highest BCUT2D eigenvalue weighted by atomic mass is 19.1. The lowest BCUT2D eigenvalue weighted by Gasteiger charge is -2.38. The number of benzene rings is 3. The summed E-state index contributed by atoms with van der Waals surface area (Å²) in [5, 5.41) is 0. The van der Waals surface area contributed by atoms with Crippen molar-refractivity contribution in [2.24, 2.45) is 5.92 Å². The second-order valence-electron chi connectivity index (χ2n) is 8.05. The van der Waals surface area contributed by atoms with Gasteiger partial charge in [-0.3, -0.25) is 0 Å². The van der Waals surface area contributed by atoms with E-state index in [9.17, 15) is 8.78 Å². The van der Waals surface area contributed by atoms with Crippen molar-refractivity contribution in [2.45, 2.75) is 31.6 Å². The molecule has 3 unspecified atom stereocenters. The fourth-order valence-corrected chi connectivity index (χ4v) is 4.72. The molecule has 0 aliphatic heterocycles. The molecule has 0 spiro atoms. The molecule has 30 heavy (non-hydrogen) atoms. The van der Waals surface area contributed by atoms with Crippen LogP contribution >= 0.6 is 0 Å². The Balaban J connectivity index is 1.76. The van der Waals surface area contributed by atoms with Crippen LogP contribution in [0.25, 0.3) is 0 Å². The van der Waals surface area contributed by atoms with E-state index in [-0.39, 0.29) is 23.6 Å². The van der Waals surface area contributed by atoms with Crippen molar-refractivity contribution < 1.29 is 18.3 Å². The largest absolute Gasteiger partial charge is 0.497 e. The SMILES string of the molecule is COc1ccc(C2Cc3ccc(OC)cc3C(Cc3cc(F)ccc3F)C2C)cc1. The van der Waals surface area contributed by atoms with Crippen LogP contribution in [0.1, 0.15) is 41.0 Å². The minimum Gasteiger partial charge on any atom is -0.497 e. The summed E-state index contributed by atoms with van der Waals surface area (Å²) in [4.78, 5) is 0. The van der Waals surface area contributed by atoms with E-state index in [1.165, 1.54) is 29.3 Å². The molecule has 0 fully saturated rings. The predicted octanol–water partition coefficient (Wildman–Crippen LogP) is 6.28. The number of ether oxygens (including phenoxy) is 2. The summed E-state index contributed by atoms with van der Waals surface area (Å²) in [6.45, 7) is 2.21. The highest BCUT2D eigenvalue weighted by Crippen LogP contribution is 2.47. The van der Waals surface area contributed by atoms with Crippen molar-refractivity contribution in [1.29, 1.82) is 0 Å². The summed E-state index contributed by atoms with van der Waals surface area (Å²) < 4.78 is 39.0.